The summed E-state index contributed by atoms with van der Waals surface area (Å²) in [4.78, 5) is 4.27. The Bertz CT molecular complexity index is 632. The number of aromatic amines is 1. The molecule has 7 heteroatoms. The summed E-state index contributed by atoms with van der Waals surface area (Å²) in [5, 5.41) is 4.93. The molecule has 110 valence electrons. The third-order valence-corrected chi connectivity index (χ3v) is 5.42. The standard InChI is InChI=1S/C13H19N3O2S2/c1-3-12(13-5-4-6-19-13)16-20(17,18)11-7-10(8-14-2)15-9-11/h4-7,9,12,14-16H,3,8H2,1-2H3. The number of H-pyrrole nitrogens is 1. The molecule has 3 N–H and O–H groups in total. The van der Waals surface area contributed by atoms with E-state index < -0.39 is 10.0 Å². The first-order chi connectivity index (χ1) is 9.56. The predicted molar refractivity (Wildman–Crippen MR) is 81.2 cm³/mol. The molecule has 5 nitrogen and oxygen atoms in total. The molecule has 2 heterocycles. The van der Waals surface area contributed by atoms with Gasteiger partial charge in [0, 0.05) is 23.3 Å². The molecule has 2 rings (SSSR count). The van der Waals surface area contributed by atoms with E-state index >= 15 is 0 Å². The van der Waals surface area contributed by atoms with Gasteiger partial charge in [0.1, 0.15) is 0 Å². The summed E-state index contributed by atoms with van der Waals surface area (Å²) in [7, 11) is -1.68. The minimum absolute atomic E-state index is 0.178. The van der Waals surface area contributed by atoms with Gasteiger partial charge in [-0.15, -0.1) is 11.3 Å². The monoisotopic (exact) mass is 313 g/mol. The lowest BCUT2D eigenvalue weighted by molar-refractivity contribution is 0.553. The van der Waals surface area contributed by atoms with Crippen LogP contribution in [0.15, 0.2) is 34.7 Å². The Hall–Kier alpha value is -1.15. The molecule has 20 heavy (non-hydrogen) atoms. The van der Waals surface area contributed by atoms with Crippen LogP contribution in [0, 0.1) is 0 Å². The zero-order valence-corrected chi connectivity index (χ0v) is 13.1. The maximum Gasteiger partial charge on any atom is 0.242 e. The predicted octanol–water partition coefficient (Wildman–Crippen LogP) is 2.23. The van der Waals surface area contributed by atoms with Crippen molar-refractivity contribution in [2.45, 2.75) is 30.8 Å². The van der Waals surface area contributed by atoms with E-state index in [0.29, 0.717) is 13.0 Å². The third-order valence-electron chi connectivity index (χ3n) is 2.99. The van der Waals surface area contributed by atoms with E-state index in [1.807, 2.05) is 31.5 Å². The first-order valence-corrected chi connectivity index (χ1v) is 8.80. The van der Waals surface area contributed by atoms with Crippen molar-refractivity contribution in [3.05, 3.63) is 40.3 Å². The fourth-order valence-corrected chi connectivity index (χ4v) is 4.21. The van der Waals surface area contributed by atoms with Crippen molar-refractivity contribution in [1.29, 1.82) is 0 Å². The Labute approximate surface area is 123 Å². The highest BCUT2D eigenvalue weighted by Crippen LogP contribution is 2.24. The van der Waals surface area contributed by atoms with Crippen LogP contribution in [0.3, 0.4) is 0 Å². The van der Waals surface area contributed by atoms with Crippen LogP contribution in [0.2, 0.25) is 0 Å². The largest absolute Gasteiger partial charge is 0.363 e. The molecule has 0 aliphatic heterocycles. The summed E-state index contributed by atoms with van der Waals surface area (Å²) in [5.41, 5.74) is 0.844. The van der Waals surface area contributed by atoms with Gasteiger partial charge in [0.05, 0.1) is 10.9 Å². The summed E-state index contributed by atoms with van der Waals surface area (Å²) >= 11 is 1.56. The number of aromatic nitrogens is 1. The molecule has 2 aromatic heterocycles. The molecule has 0 aliphatic carbocycles. The van der Waals surface area contributed by atoms with E-state index in [4.69, 9.17) is 0 Å². The SMILES string of the molecule is CCC(NS(=O)(=O)c1c[nH]c(CNC)c1)c1cccs1. The number of hydrogen-bond acceptors (Lipinski definition) is 4. The molecule has 0 aliphatic rings. The number of nitrogens with one attached hydrogen (secondary N) is 3. The number of hydrogen-bond donors (Lipinski definition) is 3. The molecule has 1 atom stereocenters. The Balaban J connectivity index is 2.17. The molecule has 0 saturated carbocycles. The molecular formula is C13H19N3O2S2. The molecule has 0 bridgehead atoms. The number of thiophene rings is 1. The minimum Gasteiger partial charge on any atom is -0.363 e. The summed E-state index contributed by atoms with van der Waals surface area (Å²) < 4.78 is 27.5. The molecule has 0 amide bonds. The first-order valence-electron chi connectivity index (χ1n) is 6.44. The Morgan fingerprint density at radius 1 is 1.45 bits per heavy atom. The van der Waals surface area contributed by atoms with Crippen molar-refractivity contribution < 1.29 is 8.42 Å². The van der Waals surface area contributed by atoms with Crippen LogP contribution >= 0.6 is 11.3 Å². The van der Waals surface area contributed by atoms with Crippen molar-refractivity contribution in [2.24, 2.45) is 0 Å². The van der Waals surface area contributed by atoms with Gasteiger partial charge in [0.15, 0.2) is 0 Å². The molecule has 2 aromatic rings. The highest BCUT2D eigenvalue weighted by molar-refractivity contribution is 7.89. The number of sulfonamides is 1. The molecule has 0 spiro atoms. The van der Waals surface area contributed by atoms with Crippen LogP contribution in [0.25, 0.3) is 0 Å². The van der Waals surface area contributed by atoms with Gasteiger partial charge in [-0.25, -0.2) is 13.1 Å². The van der Waals surface area contributed by atoms with Gasteiger partial charge in [-0.3, -0.25) is 0 Å². The van der Waals surface area contributed by atoms with Gasteiger partial charge in [-0.1, -0.05) is 13.0 Å². The maximum atomic E-state index is 12.4. The van der Waals surface area contributed by atoms with Crippen LogP contribution in [0.4, 0.5) is 0 Å². The topological polar surface area (TPSA) is 74.0 Å². The van der Waals surface area contributed by atoms with E-state index in [0.717, 1.165) is 10.6 Å². The lowest BCUT2D eigenvalue weighted by Gasteiger charge is -2.14. The second-order valence-electron chi connectivity index (χ2n) is 4.49. The summed E-state index contributed by atoms with van der Waals surface area (Å²) in [5.74, 6) is 0. The van der Waals surface area contributed by atoms with E-state index in [1.165, 1.54) is 6.20 Å². The van der Waals surface area contributed by atoms with Gasteiger partial charge in [0.25, 0.3) is 0 Å². The lowest BCUT2D eigenvalue weighted by atomic mass is 10.2. The second-order valence-corrected chi connectivity index (χ2v) is 7.18. The Morgan fingerprint density at radius 3 is 2.85 bits per heavy atom. The highest BCUT2D eigenvalue weighted by atomic mass is 32.2. The Morgan fingerprint density at radius 2 is 2.25 bits per heavy atom. The number of rotatable bonds is 7. The molecule has 1 unspecified atom stereocenters. The summed E-state index contributed by atoms with van der Waals surface area (Å²) in [6, 6.07) is 5.35. The van der Waals surface area contributed by atoms with Gasteiger partial charge in [0.2, 0.25) is 10.0 Å². The van der Waals surface area contributed by atoms with Crippen LogP contribution in [0.5, 0.6) is 0 Å². The van der Waals surface area contributed by atoms with Crippen molar-refractivity contribution in [2.75, 3.05) is 7.05 Å². The van der Waals surface area contributed by atoms with Gasteiger partial charge in [-0.05, 0) is 31.0 Å². The first kappa shape index (κ1) is 15.2. The molecular weight excluding hydrogens is 294 g/mol. The minimum atomic E-state index is -3.50. The van der Waals surface area contributed by atoms with Crippen molar-refractivity contribution in [3.63, 3.8) is 0 Å². The molecule has 0 fully saturated rings. The summed E-state index contributed by atoms with van der Waals surface area (Å²) in [6.07, 6.45) is 2.24. The van der Waals surface area contributed by atoms with E-state index in [1.54, 1.807) is 17.4 Å². The fourth-order valence-electron chi connectivity index (χ4n) is 1.95. The second kappa shape index (κ2) is 6.53. The van der Waals surface area contributed by atoms with Gasteiger partial charge < -0.3 is 10.3 Å². The van der Waals surface area contributed by atoms with Gasteiger partial charge in [-0.2, -0.15) is 0 Å². The van der Waals surface area contributed by atoms with Crippen LogP contribution in [-0.2, 0) is 16.6 Å². The van der Waals surface area contributed by atoms with Crippen molar-refractivity contribution in [3.8, 4) is 0 Å². The zero-order chi connectivity index (χ0) is 14.6. The maximum absolute atomic E-state index is 12.4. The normalized spacial score (nSPS) is 13.5. The zero-order valence-electron chi connectivity index (χ0n) is 11.5. The molecule has 0 aromatic carbocycles. The molecule has 0 radical (unpaired) electrons. The van der Waals surface area contributed by atoms with Crippen LogP contribution < -0.4 is 10.0 Å². The average Bonchev–Trinajstić information content (AvgIpc) is 3.07. The third kappa shape index (κ3) is 3.49. The highest BCUT2D eigenvalue weighted by Gasteiger charge is 2.21. The van der Waals surface area contributed by atoms with E-state index in [-0.39, 0.29) is 10.9 Å². The van der Waals surface area contributed by atoms with E-state index in [2.05, 4.69) is 15.0 Å². The smallest absolute Gasteiger partial charge is 0.242 e. The van der Waals surface area contributed by atoms with Crippen LogP contribution in [0.1, 0.15) is 30.0 Å². The lowest BCUT2D eigenvalue weighted by Crippen LogP contribution is -2.27. The van der Waals surface area contributed by atoms with Crippen molar-refractivity contribution >= 4 is 21.4 Å². The Kier molecular flexibility index (Phi) is 4.98. The average molecular weight is 313 g/mol. The van der Waals surface area contributed by atoms with Crippen LogP contribution in [-0.4, -0.2) is 20.4 Å². The quantitative estimate of drug-likeness (QED) is 0.734. The fraction of sp³-hybridized carbons (Fsp3) is 0.385. The van der Waals surface area contributed by atoms with Crippen molar-refractivity contribution in [1.82, 2.24) is 15.0 Å². The summed E-state index contributed by atoms with van der Waals surface area (Å²) in [6.45, 7) is 2.58. The van der Waals surface area contributed by atoms with E-state index in [9.17, 15) is 8.42 Å². The van der Waals surface area contributed by atoms with Gasteiger partial charge >= 0.3 is 0 Å². The molecule has 0 saturated heterocycles.